The fraction of sp³-hybridized carbons (Fsp3) is 0.200. The molecule has 2 aromatic rings. The molecule has 0 radical (unpaired) electrons. The average Bonchev–Trinajstić information content (AvgIpc) is 3.11. The van der Waals surface area contributed by atoms with Crippen LogP contribution in [0.5, 0.6) is 0 Å². The highest BCUT2D eigenvalue weighted by molar-refractivity contribution is 6.31. The van der Waals surface area contributed by atoms with Crippen molar-refractivity contribution in [1.82, 2.24) is 0 Å². The molecule has 86 valence electrons. The summed E-state index contributed by atoms with van der Waals surface area (Å²) in [6.45, 7) is 0. The first-order valence-electron chi connectivity index (χ1n) is 5.75. The summed E-state index contributed by atoms with van der Waals surface area (Å²) in [4.78, 5) is 0. The molecule has 2 heteroatoms. The SMILES string of the molecule is Fc1ccc(C2CC2c2ccccc2Cl)cc1. The number of benzene rings is 2. The molecule has 0 amide bonds. The molecule has 0 bridgehead atoms. The summed E-state index contributed by atoms with van der Waals surface area (Å²) in [6.07, 6.45) is 1.11. The molecular weight excluding hydrogens is 235 g/mol. The van der Waals surface area contributed by atoms with Crippen LogP contribution < -0.4 is 0 Å². The van der Waals surface area contributed by atoms with E-state index >= 15 is 0 Å². The van der Waals surface area contributed by atoms with Crippen molar-refractivity contribution in [2.24, 2.45) is 0 Å². The van der Waals surface area contributed by atoms with E-state index in [1.54, 1.807) is 0 Å². The van der Waals surface area contributed by atoms with E-state index in [0.29, 0.717) is 11.8 Å². The lowest BCUT2D eigenvalue weighted by Gasteiger charge is -2.03. The summed E-state index contributed by atoms with van der Waals surface area (Å²) in [6, 6.07) is 14.8. The maximum atomic E-state index is 12.8. The Labute approximate surface area is 105 Å². The van der Waals surface area contributed by atoms with Gasteiger partial charge in [0.15, 0.2) is 0 Å². The molecule has 0 spiro atoms. The standard InChI is InChI=1S/C15H12ClF/c16-15-4-2-1-3-12(15)14-9-13(14)10-5-7-11(17)8-6-10/h1-8,13-14H,9H2. The Balaban J connectivity index is 1.83. The van der Waals surface area contributed by atoms with Gasteiger partial charge in [-0.25, -0.2) is 4.39 Å². The Hall–Kier alpha value is -1.34. The zero-order valence-electron chi connectivity index (χ0n) is 9.24. The fourth-order valence-corrected chi connectivity index (χ4v) is 2.67. The van der Waals surface area contributed by atoms with Crippen LogP contribution in [-0.4, -0.2) is 0 Å². The fourth-order valence-electron chi connectivity index (χ4n) is 2.39. The zero-order chi connectivity index (χ0) is 11.8. The van der Waals surface area contributed by atoms with Gasteiger partial charge in [0.25, 0.3) is 0 Å². The minimum absolute atomic E-state index is 0.177. The zero-order valence-corrected chi connectivity index (χ0v) is 9.99. The molecule has 2 atom stereocenters. The van der Waals surface area contributed by atoms with Gasteiger partial charge < -0.3 is 0 Å². The van der Waals surface area contributed by atoms with Crippen molar-refractivity contribution >= 4 is 11.6 Å². The normalized spacial score (nSPS) is 22.5. The molecule has 3 rings (SSSR count). The lowest BCUT2D eigenvalue weighted by Crippen LogP contribution is -1.86. The van der Waals surface area contributed by atoms with Crippen molar-refractivity contribution < 1.29 is 4.39 Å². The maximum Gasteiger partial charge on any atom is 0.123 e. The predicted octanol–water partition coefficient (Wildman–Crippen LogP) is 4.75. The summed E-state index contributed by atoms with van der Waals surface area (Å²) in [7, 11) is 0. The van der Waals surface area contributed by atoms with Gasteiger partial charge >= 0.3 is 0 Å². The summed E-state index contributed by atoms with van der Waals surface area (Å²) >= 11 is 6.18. The third kappa shape index (κ3) is 2.07. The molecule has 0 aliphatic heterocycles. The molecule has 2 unspecified atom stereocenters. The van der Waals surface area contributed by atoms with Gasteiger partial charge in [-0.05, 0) is 47.6 Å². The Morgan fingerprint density at radius 3 is 2.35 bits per heavy atom. The minimum Gasteiger partial charge on any atom is -0.207 e. The van der Waals surface area contributed by atoms with Crippen LogP contribution in [0.4, 0.5) is 4.39 Å². The van der Waals surface area contributed by atoms with E-state index in [9.17, 15) is 4.39 Å². The largest absolute Gasteiger partial charge is 0.207 e. The quantitative estimate of drug-likeness (QED) is 0.717. The highest BCUT2D eigenvalue weighted by Crippen LogP contribution is 2.55. The molecule has 1 aliphatic carbocycles. The third-order valence-corrected chi connectivity index (χ3v) is 3.74. The molecule has 0 heterocycles. The van der Waals surface area contributed by atoms with E-state index in [2.05, 4.69) is 6.07 Å². The minimum atomic E-state index is -0.177. The predicted molar refractivity (Wildman–Crippen MR) is 68.0 cm³/mol. The molecule has 0 nitrogen and oxygen atoms in total. The van der Waals surface area contributed by atoms with Crippen LogP contribution in [-0.2, 0) is 0 Å². The second-order valence-electron chi connectivity index (χ2n) is 4.52. The van der Waals surface area contributed by atoms with Gasteiger partial charge in [0.05, 0.1) is 0 Å². The Bertz CT molecular complexity index is 533. The molecule has 0 saturated heterocycles. The molecule has 2 aromatic carbocycles. The number of rotatable bonds is 2. The van der Waals surface area contributed by atoms with E-state index in [4.69, 9.17) is 11.6 Å². The van der Waals surface area contributed by atoms with Gasteiger partial charge in [-0.3, -0.25) is 0 Å². The lowest BCUT2D eigenvalue weighted by atomic mass is 10.0. The van der Waals surface area contributed by atoms with E-state index in [1.807, 2.05) is 30.3 Å². The molecule has 17 heavy (non-hydrogen) atoms. The van der Waals surface area contributed by atoms with Crippen molar-refractivity contribution in [3.63, 3.8) is 0 Å². The van der Waals surface area contributed by atoms with E-state index in [-0.39, 0.29) is 5.82 Å². The topological polar surface area (TPSA) is 0 Å². The molecular formula is C15H12ClF. The van der Waals surface area contributed by atoms with Crippen LogP contribution in [0.25, 0.3) is 0 Å². The Kier molecular flexibility index (Phi) is 2.64. The lowest BCUT2D eigenvalue weighted by molar-refractivity contribution is 0.627. The van der Waals surface area contributed by atoms with E-state index < -0.39 is 0 Å². The van der Waals surface area contributed by atoms with Crippen molar-refractivity contribution in [2.75, 3.05) is 0 Å². The first-order chi connectivity index (χ1) is 8.25. The molecule has 0 aromatic heterocycles. The second-order valence-corrected chi connectivity index (χ2v) is 4.93. The Morgan fingerprint density at radius 1 is 0.941 bits per heavy atom. The molecule has 1 fully saturated rings. The molecule has 0 N–H and O–H groups in total. The number of hydrogen-bond acceptors (Lipinski definition) is 0. The van der Waals surface area contributed by atoms with Crippen LogP contribution in [0.3, 0.4) is 0 Å². The van der Waals surface area contributed by atoms with Crippen LogP contribution >= 0.6 is 11.6 Å². The average molecular weight is 247 g/mol. The first-order valence-corrected chi connectivity index (χ1v) is 6.13. The maximum absolute atomic E-state index is 12.8. The van der Waals surface area contributed by atoms with Gasteiger partial charge in [0.2, 0.25) is 0 Å². The van der Waals surface area contributed by atoms with Crippen LogP contribution in [0, 0.1) is 5.82 Å². The monoisotopic (exact) mass is 246 g/mol. The van der Waals surface area contributed by atoms with E-state index in [0.717, 1.165) is 11.4 Å². The molecule has 1 aliphatic rings. The number of halogens is 2. The van der Waals surface area contributed by atoms with Gasteiger partial charge in [-0.2, -0.15) is 0 Å². The highest BCUT2D eigenvalue weighted by atomic mass is 35.5. The third-order valence-electron chi connectivity index (χ3n) is 3.39. The Morgan fingerprint density at radius 2 is 1.65 bits per heavy atom. The smallest absolute Gasteiger partial charge is 0.123 e. The summed E-state index contributed by atoms with van der Waals surface area (Å²) in [5, 5.41) is 0.835. The summed E-state index contributed by atoms with van der Waals surface area (Å²) in [5.41, 5.74) is 2.42. The van der Waals surface area contributed by atoms with Crippen molar-refractivity contribution in [2.45, 2.75) is 18.3 Å². The van der Waals surface area contributed by atoms with Crippen molar-refractivity contribution in [3.8, 4) is 0 Å². The first kappa shape index (κ1) is 10.8. The van der Waals surface area contributed by atoms with E-state index in [1.165, 1.54) is 23.3 Å². The van der Waals surface area contributed by atoms with Gasteiger partial charge in [0, 0.05) is 5.02 Å². The van der Waals surface area contributed by atoms with Crippen molar-refractivity contribution in [1.29, 1.82) is 0 Å². The second kappa shape index (κ2) is 4.15. The molecule has 1 saturated carbocycles. The van der Waals surface area contributed by atoms with Gasteiger partial charge in [-0.15, -0.1) is 0 Å². The van der Waals surface area contributed by atoms with Crippen LogP contribution in [0.2, 0.25) is 5.02 Å². The van der Waals surface area contributed by atoms with Crippen molar-refractivity contribution in [3.05, 3.63) is 70.5 Å². The van der Waals surface area contributed by atoms with Crippen LogP contribution in [0.1, 0.15) is 29.4 Å². The number of hydrogen-bond donors (Lipinski definition) is 0. The van der Waals surface area contributed by atoms with Gasteiger partial charge in [0.1, 0.15) is 5.82 Å². The van der Waals surface area contributed by atoms with Gasteiger partial charge in [-0.1, -0.05) is 41.9 Å². The highest BCUT2D eigenvalue weighted by Gasteiger charge is 2.40. The summed E-state index contributed by atoms with van der Waals surface area (Å²) in [5.74, 6) is 0.813. The summed E-state index contributed by atoms with van der Waals surface area (Å²) < 4.78 is 12.8. The van der Waals surface area contributed by atoms with Crippen LogP contribution in [0.15, 0.2) is 48.5 Å².